The van der Waals surface area contributed by atoms with Gasteiger partial charge in [0.15, 0.2) is 5.60 Å². The van der Waals surface area contributed by atoms with E-state index in [0.29, 0.717) is 0 Å². The van der Waals surface area contributed by atoms with Crippen molar-refractivity contribution in [2.75, 3.05) is 6.61 Å². The highest BCUT2D eigenvalue weighted by molar-refractivity contribution is 5.77. The minimum absolute atomic E-state index is 0.778. The molecule has 0 heterocycles. The molecule has 2 atom stereocenters. The first-order valence-electron chi connectivity index (χ1n) is 2.67. The number of aliphatic hydroxyl groups is 3. The van der Waals surface area contributed by atoms with Crippen molar-refractivity contribution in [2.24, 2.45) is 0 Å². The van der Waals surface area contributed by atoms with Gasteiger partial charge in [-0.3, -0.25) is 0 Å². The number of hydrogen-bond acceptors (Lipinski definition) is 4. The van der Waals surface area contributed by atoms with Crippen molar-refractivity contribution in [3.05, 3.63) is 0 Å². The first kappa shape index (κ1) is 9.35. The molecule has 0 saturated heterocycles. The summed E-state index contributed by atoms with van der Waals surface area (Å²) >= 11 is 0. The van der Waals surface area contributed by atoms with Gasteiger partial charge in [-0.15, -0.1) is 0 Å². The van der Waals surface area contributed by atoms with Crippen LogP contribution in [0.5, 0.6) is 0 Å². The Bertz CT molecular complexity index is 130. The smallest absolute Gasteiger partial charge is 0.338 e. The van der Waals surface area contributed by atoms with E-state index < -0.39 is 24.3 Å². The summed E-state index contributed by atoms with van der Waals surface area (Å²) in [6.45, 7) is 0.134. The molecule has 0 fully saturated rings. The zero-order valence-electron chi connectivity index (χ0n) is 5.48. The van der Waals surface area contributed by atoms with Crippen LogP contribution in [0.25, 0.3) is 0 Å². The minimum Gasteiger partial charge on any atom is -0.479 e. The molecule has 0 aliphatic carbocycles. The van der Waals surface area contributed by atoms with Crippen molar-refractivity contribution in [1.29, 1.82) is 0 Å². The third-order valence-corrected chi connectivity index (χ3v) is 1.25. The highest BCUT2D eigenvalue weighted by Crippen LogP contribution is 2.08. The Morgan fingerprint density at radius 2 is 2.10 bits per heavy atom. The van der Waals surface area contributed by atoms with Crippen LogP contribution >= 0.6 is 0 Å². The van der Waals surface area contributed by atoms with Crippen LogP contribution in [0, 0.1) is 0 Å². The monoisotopic (exact) mass is 150 g/mol. The SMILES string of the molecule is C[C@](O)(C(=O)O)C(O)CO. The molecule has 0 rings (SSSR count). The molecular weight excluding hydrogens is 140 g/mol. The van der Waals surface area contributed by atoms with Gasteiger partial charge in [-0.2, -0.15) is 0 Å². The molecule has 60 valence electrons. The normalized spacial score (nSPS) is 19.6. The van der Waals surface area contributed by atoms with E-state index in [-0.39, 0.29) is 0 Å². The summed E-state index contributed by atoms with van der Waals surface area (Å²) in [5, 5.41) is 34.0. The lowest BCUT2D eigenvalue weighted by Crippen LogP contribution is -2.48. The lowest BCUT2D eigenvalue weighted by atomic mass is 10.0. The van der Waals surface area contributed by atoms with Crippen LogP contribution in [0.1, 0.15) is 6.92 Å². The van der Waals surface area contributed by atoms with E-state index in [1.54, 1.807) is 0 Å². The van der Waals surface area contributed by atoms with Gasteiger partial charge in [0.2, 0.25) is 0 Å². The van der Waals surface area contributed by atoms with Crippen molar-refractivity contribution < 1.29 is 25.2 Å². The second-order valence-electron chi connectivity index (χ2n) is 2.15. The Labute approximate surface area is 57.5 Å². The maximum absolute atomic E-state index is 10.1. The minimum atomic E-state index is -2.27. The average Bonchev–Trinajstić information content (AvgIpc) is 1.86. The highest BCUT2D eigenvalue weighted by atomic mass is 16.4. The summed E-state index contributed by atoms with van der Waals surface area (Å²) in [6.07, 6.45) is -1.65. The summed E-state index contributed by atoms with van der Waals surface area (Å²) in [5.41, 5.74) is -2.27. The van der Waals surface area contributed by atoms with Gasteiger partial charge in [0.1, 0.15) is 6.10 Å². The van der Waals surface area contributed by atoms with Gasteiger partial charge in [-0.25, -0.2) is 4.79 Å². The van der Waals surface area contributed by atoms with Crippen LogP contribution in [0.2, 0.25) is 0 Å². The van der Waals surface area contributed by atoms with Gasteiger partial charge >= 0.3 is 5.97 Å². The molecule has 0 aromatic rings. The van der Waals surface area contributed by atoms with E-state index in [1.165, 1.54) is 0 Å². The van der Waals surface area contributed by atoms with Crippen LogP contribution in [-0.4, -0.2) is 44.7 Å². The number of carboxylic acids is 1. The molecule has 0 radical (unpaired) electrons. The van der Waals surface area contributed by atoms with E-state index in [4.69, 9.17) is 20.4 Å². The molecule has 0 aliphatic rings. The average molecular weight is 150 g/mol. The molecule has 0 aliphatic heterocycles. The van der Waals surface area contributed by atoms with Gasteiger partial charge in [0, 0.05) is 0 Å². The number of carboxylic acid groups (broad SMARTS) is 1. The van der Waals surface area contributed by atoms with E-state index in [1.807, 2.05) is 0 Å². The van der Waals surface area contributed by atoms with Crippen molar-refractivity contribution in [3.63, 3.8) is 0 Å². The van der Waals surface area contributed by atoms with Crippen molar-refractivity contribution in [2.45, 2.75) is 18.6 Å². The summed E-state index contributed by atoms with van der Waals surface area (Å²) in [4.78, 5) is 10.1. The van der Waals surface area contributed by atoms with Crippen molar-refractivity contribution >= 4 is 5.97 Å². The topological polar surface area (TPSA) is 98.0 Å². The largest absolute Gasteiger partial charge is 0.479 e. The predicted molar refractivity (Wildman–Crippen MR) is 31.4 cm³/mol. The summed E-state index contributed by atoms with van der Waals surface area (Å²) < 4.78 is 0. The number of carbonyl (C=O) groups is 1. The van der Waals surface area contributed by atoms with Crippen LogP contribution < -0.4 is 0 Å². The molecule has 0 saturated carbocycles. The Balaban J connectivity index is 4.23. The lowest BCUT2D eigenvalue weighted by molar-refractivity contribution is -0.171. The fraction of sp³-hybridized carbons (Fsp3) is 0.800. The molecule has 5 heteroatoms. The van der Waals surface area contributed by atoms with Crippen LogP contribution in [0.15, 0.2) is 0 Å². The Morgan fingerprint density at radius 3 is 2.20 bits per heavy atom. The highest BCUT2D eigenvalue weighted by Gasteiger charge is 2.37. The van der Waals surface area contributed by atoms with Gasteiger partial charge < -0.3 is 20.4 Å². The number of aliphatic hydroxyl groups excluding tert-OH is 2. The first-order chi connectivity index (χ1) is 4.42. The van der Waals surface area contributed by atoms with Crippen LogP contribution in [-0.2, 0) is 4.79 Å². The Hall–Kier alpha value is -0.650. The second-order valence-corrected chi connectivity index (χ2v) is 2.15. The Kier molecular flexibility index (Phi) is 2.77. The maximum atomic E-state index is 10.1. The number of aliphatic carboxylic acids is 1. The molecule has 0 spiro atoms. The third kappa shape index (κ3) is 1.66. The zero-order valence-corrected chi connectivity index (χ0v) is 5.48. The summed E-state index contributed by atoms with van der Waals surface area (Å²) in [5.74, 6) is -1.56. The van der Waals surface area contributed by atoms with Gasteiger partial charge in [0.05, 0.1) is 6.61 Å². The summed E-state index contributed by atoms with van der Waals surface area (Å²) in [7, 11) is 0. The fourth-order valence-corrected chi connectivity index (χ4v) is 0.320. The zero-order chi connectivity index (χ0) is 8.36. The van der Waals surface area contributed by atoms with E-state index in [0.717, 1.165) is 6.92 Å². The first-order valence-corrected chi connectivity index (χ1v) is 2.67. The van der Waals surface area contributed by atoms with E-state index >= 15 is 0 Å². The number of hydrogen-bond donors (Lipinski definition) is 4. The molecule has 1 unspecified atom stereocenters. The third-order valence-electron chi connectivity index (χ3n) is 1.25. The molecular formula is C5H10O5. The van der Waals surface area contributed by atoms with Crippen molar-refractivity contribution in [1.82, 2.24) is 0 Å². The standard InChI is InChI=1S/C5H10O5/c1-5(10,4(8)9)3(7)2-6/h3,6-7,10H,2H2,1H3,(H,8,9)/t3?,5-/m1/s1. The second kappa shape index (κ2) is 2.96. The van der Waals surface area contributed by atoms with Crippen LogP contribution in [0.3, 0.4) is 0 Å². The maximum Gasteiger partial charge on any atom is 0.338 e. The predicted octanol–water partition coefficient (Wildman–Crippen LogP) is -1.82. The molecule has 0 bridgehead atoms. The fourth-order valence-electron chi connectivity index (χ4n) is 0.320. The van der Waals surface area contributed by atoms with E-state index in [9.17, 15) is 4.79 Å². The quantitative estimate of drug-likeness (QED) is 0.379. The molecule has 0 aromatic carbocycles. The van der Waals surface area contributed by atoms with Crippen molar-refractivity contribution in [3.8, 4) is 0 Å². The van der Waals surface area contributed by atoms with Gasteiger partial charge in [0.25, 0.3) is 0 Å². The molecule has 0 aromatic heterocycles. The Morgan fingerprint density at radius 1 is 1.70 bits per heavy atom. The molecule has 4 N–H and O–H groups in total. The van der Waals surface area contributed by atoms with E-state index in [2.05, 4.69) is 0 Å². The van der Waals surface area contributed by atoms with Gasteiger partial charge in [-0.05, 0) is 6.92 Å². The molecule has 0 amide bonds. The summed E-state index contributed by atoms with van der Waals surface area (Å²) in [6, 6.07) is 0. The number of rotatable bonds is 3. The lowest BCUT2D eigenvalue weighted by Gasteiger charge is -2.22. The van der Waals surface area contributed by atoms with Crippen LogP contribution in [0.4, 0.5) is 0 Å². The molecule has 10 heavy (non-hydrogen) atoms. The molecule has 5 nitrogen and oxygen atoms in total. The van der Waals surface area contributed by atoms with Gasteiger partial charge in [-0.1, -0.05) is 0 Å².